The van der Waals surface area contributed by atoms with Gasteiger partial charge in [-0.1, -0.05) is 73.3 Å². The number of benzene rings is 2. The van der Waals surface area contributed by atoms with Crippen LogP contribution in [0.25, 0.3) is 34.2 Å². The maximum absolute atomic E-state index is 4.86. The first-order chi connectivity index (χ1) is 11.4. The van der Waals surface area contributed by atoms with Gasteiger partial charge in [-0.25, -0.2) is 4.98 Å². The van der Waals surface area contributed by atoms with E-state index in [0.29, 0.717) is 0 Å². The summed E-state index contributed by atoms with van der Waals surface area (Å²) in [5.74, 6) is 0. The van der Waals surface area contributed by atoms with Gasteiger partial charge in [-0.05, 0) is 17.7 Å². The summed E-state index contributed by atoms with van der Waals surface area (Å²) in [7, 11) is 0. The maximum atomic E-state index is 4.86. The Balaban J connectivity index is 2.08. The number of nitrogens with zero attached hydrogens (tertiary/aromatic N) is 2. The average molecular weight is 296 g/mol. The molecule has 0 unspecified atom stereocenters. The molecule has 2 nitrogen and oxygen atoms in total. The number of fused-ring (bicyclic) bond motifs is 1. The highest BCUT2D eigenvalue weighted by atomic mass is 15.0. The first-order valence-corrected chi connectivity index (χ1v) is 7.62. The van der Waals surface area contributed by atoms with E-state index in [9.17, 15) is 0 Å². The van der Waals surface area contributed by atoms with Gasteiger partial charge in [-0.15, -0.1) is 0 Å². The van der Waals surface area contributed by atoms with Crippen LogP contribution < -0.4 is 0 Å². The molecule has 0 spiro atoms. The van der Waals surface area contributed by atoms with Crippen molar-refractivity contribution in [3.63, 3.8) is 0 Å². The lowest BCUT2D eigenvalue weighted by Crippen LogP contribution is -1.90. The second kappa shape index (κ2) is 5.58. The number of aromatic nitrogens is 2. The molecule has 0 radical (unpaired) electrons. The van der Waals surface area contributed by atoms with Crippen LogP contribution in [-0.4, -0.2) is 9.38 Å². The fourth-order valence-corrected chi connectivity index (χ4v) is 2.85. The van der Waals surface area contributed by atoms with Crippen LogP contribution in [0.15, 0.2) is 85.6 Å². The van der Waals surface area contributed by atoms with Crippen molar-refractivity contribution in [3.05, 3.63) is 91.1 Å². The SMILES string of the molecule is C=Cc1ccc2nc(-c3ccccc3)c(-c3ccccc3)n2c1. The van der Waals surface area contributed by atoms with Crippen molar-refractivity contribution >= 4 is 11.7 Å². The summed E-state index contributed by atoms with van der Waals surface area (Å²) < 4.78 is 2.15. The van der Waals surface area contributed by atoms with Gasteiger partial charge in [-0.2, -0.15) is 0 Å². The van der Waals surface area contributed by atoms with Crippen LogP contribution in [-0.2, 0) is 0 Å². The Labute approximate surface area is 135 Å². The molecule has 0 bridgehead atoms. The molecule has 0 aliphatic rings. The minimum atomic E-state index is 0.938. The molecule has 2 aromatic carbocycles. The monoisotopic (exact) mass is 296 g/mol. The molecule has 4 aromatic rings. The van der Waals surface area contributed by atoms with Gasteiger partial charge in [-0.3, -0.25) is 4.40 Å². The molecular formula is C21H16N2. The molecule has 2 aromatic heterocycles. The van der Waals surface area contributed by atoms with E-state index in [0.717, 1.165) is 33.7 Å². The van der Waals surface area contributed by atoms with E-state index < -0.39 is 0 Å². The molecule has 2 heterocycles. The lowest BCUT2D eigenvalue weighted by molar-refractivity contribution is 1.18. The Kier molecular flexibility index (Phi) is 3.28. The zero-order chi connectivity index (χ0) is 15.6. The highest BCUT2D eigenvalue weighted by molar-refractivity contribution is 5.82. The Morgan fingerprint density at radius 1 is 0.783 bits per heavy atom. The standard InChI is InChI=1S/C21H16N2/c1-2-16-13-14-19-22-20(17-9-5-3-6-10-17)21(23(19)15-16)18-11-7-4-8-12-18/h2-15H,1H2. The molecule has 0 fully saturated rings. The summed E-state index contributed by atoms with van der Waals surface area (Å²) in [5, 5.41) is 0. The molecule has 4 rings (SSSR count). The number of hydrogen-bond donors (Lipinski definition) is 0. The van der Waals surface area contributed by atoms with Crippen LogP contribution >= 0.6 is 0 Å². The van der Waals surface area contributed by atoms with Crippen LogP contribution in [0, 0.1) is 0 Å². The van der Waals surface area contributed by atoms with Gasteiger partial charge in [0, 0.05) is 17.3 Å². The lowest BCUT2D eigenvalue weighted by atomic mass is 10.0. The zero-order valence-electron chi connectivity index (χ0n) is 12.7. The summed E-state index contributed by atoms with van der Waals surface area (Å²) in [6, 6.07) is 24.8. The molecular weight excluding hydrogens is 280 g/mol. The summed E-state index contributed by atoms with van der Waals surface area (Å²) >= 11 is 0. The maximum Gasteiger partial charge on any atom is 0.137 e. The molecule has 0 amide bonds. The fraction of sp³-hybridized carbons (Fsp3) is 0. The minimum absolute atomic E-state index is 0.938. The normalized spacial score (nSPS) is 10.8. The van der Waals surface area contributed by atoms with Gasteiger partial charge in [0.1, 0.15) is 5.65 Å². The first kappa shape index (κ1) is 13.5. The first-order valence-electron chi connectivity index (χ1n) is 7.62. The van der Waals surface area contributed by atoms with Crippen molar-refractivity contribution in [2.75, 3.05) is 0 Å². The van der Waals surface area contributed by atoms with Gasteiger partial charge in [0.05, 0.1) is 11.4 Å². The molecule has 110 valence electrons. The summed E-state index contributed by atoms with van der Waals surface area (Å²) in [5.41, 5.74) is 6.39. The Bertz CT molecular complexity index is 967. The van der Waals surface area contributed by atoms with Crippen molar-refractivity contribution in [1.29, 1.82) is 0 Å². The van der Waals surface area contributed by atoms with E-state index in [2.05, 4.69) is 53.6 Å². The lowest BCUT2D eigenvalue weighted by Gasteiger charge is -2.06. The van der Waals surface area contributed by atoms with Crippen molar-refractivity contribution in [2.45, 2.75) is 0 Å². The van der Waals surface area contributed by atoms with E-state index in [1.807, 2.05) is 42.5 Å². The largest absolute Gasteiger partial charge is 0.298 e. The van der Waals surface area contributed by atoms with E-state index in [4.69, 9.17) is 4.98 Å². The third-order valence-electron chi connectivity index (χ3n) is 3.97. The van der Waals surface area contributed by atoms with Gasteiger partial charge < -0.3 is 0 Å². The van der Waals surface area contributed by atoms with Gasteiger partial charge in [0.15, 0.2) is 0 Å². The molecule has 0 aliphatic heterocycles. The summed E-state index contributed by atoms with van der Waals surface area (Å²) in [6.07, 6.45) is 3.94. The topological polar surface area (TPSA) is 17.3 Å². The van der Waals surface area contributed by atoms with Crippen LogP contribution in [0.3, 0.4) is 0 Å². The quantitative estimate of drug-likeness (QED) is 0.500. The average Bonchev–Trinajstić information content (AvgIpc) is 3.01. The van der Waals surface area contributed by atoms with E-state index in [-0.39, 0.29) is 0 Å². The number of rotatable bonds is 3. The molecule has 0 saturated heterocycles. The zero-order valence-corrected chi connectivity index (χ0v) is 12.7. The Morgan fingerprint density at radius 3 is 2.09 bits per heavy atom. The molecule has 0 aliphatic carbocycles. The second-order valence-electron chi connectivity index (χ2n) is 5.44. The van der Waals surface area contributed by atoms with Crippen LogP contribution in [0.4, 0.5) is 0 Å². The predicted molar refractivity (Wildman–Crippen MR) is 96.2 cm³/mol. The summed E-state index contributed by atoms with van der Waals surface area (Å²) in [6.45, 7) is 3.87. The van der Waals surface area contributed by atoms with Crippen molar-refractivity contribution in [3.8, 4) is 22.5 Å². The smallest absolute Gasteiger partial charge is 0.137 e. The second-order valence-corrected chi connectivity index (χ2v) is 5.44. The van der Waals surface area contributed by atoms with E-state index >= 15 is 0 Å². The Hall–Kier alpha value is -3.13. The molecule has 0 saturated carbocycles. The number of imidazole rings is 1. The van der Waals surface area contributed by atoms with Crippen molar-refractivity contribution in [1.82, 2.24) is 9.38 Å². The predicted octanol–water partition coefficient (Wildman–Crippen LogP) is 5.31. The highest BCUT2D eigenvalue weighted by Crippen LogP contribution is 2.32. The molecule has 23 heavy (non-hydrogen) atoms. The van der Waals surface area contributed by atoms with Gasteiger partial charge in [0.25, 0.3) is 0 Å². The van der Waals surface area contributed by atoms with Crippen molar-refractivity contribution < 1.29 is 0 Å². The van der Waals surface area contributed by atoms with E-state index in [1.165, 1.54) is 0 Å². The van der Waals surface area contributed by atoms with Gasteiger partial charge in [0.2, 0.25) is 0 Å². The van der Waals surface area contributed by atoms with Crippen molar-refractivity contribution in [2.24, 2.45) is 0 Å². The van der Waals surface area contributed by atoms with Crippen LogP contribution in [0.5, 0.6) is 0 Å². The molecule has 0 N–H and O–H groups in total. The van der Waals surface area contributed by atoms with E-state index in [1.54, 1.807) is 0 Å². The number of pyridine rings is 1. The minimum Gasteiger partial charge on any atom is -0.298 e. The van der Waals surface area contributed by atoms with Crippen LogP contribution in [0.2, 0.25) is 0 Å². The highest BCUT2D eigenvalue weighted by Gasteiger charge is 2.15. The third kappa shape index (κ3) is 2.34. The third-order valence-corrected chi connectivity index (χ3v) is 3.97. The molecule has 0 atom stereocenters. The summed E-state index contributed by atoms with van der Waals surface area (Å²) in [4.78, 5) is 4.86. The molecule has 2 heteroatoms. The van der Waals surface area contributed by atoms with Gasteiger partial charge >= 0.3 is 0 Å². The Morgan fingerprint density at radius 2 is 1.43 bits per heavy atom. The fourth-order valence-electron chi connectivity index (χ4n) is 2.85. The van der Waals surface area contributed by atoms with Crippen LogP contribution in [0.1, 0.15) is 5.56 Å². The number of hydrogen-bond acceptors (Lipinski definition) is 1.